The monoisotopic (exact) mass is 408 g/mol. The number of amides is 1. The van der Waals surface area contributed by atoms with Gasteiger partial charge >= 0.3 is 0 Å². The molecule has 0 atom stereocenters. The van der Waals surface area contributed by atoms with Crippen molar-refractivity contribution in [3.8, 4) is 0 Å². The van der Waals surface area contributed by atoms with Gasteiger partial charge in [0.15, 0.2) is 0 Å². The molecular formula is C23H24N2O3S. The Labute approximate surface area is 171 Å². The van der Waals surface area contributed by atoms with Crippen molar-refractivity contribution in [1.29, 1.82) is 0 Å². The van der Waals surface area contributed by atoms with E-state index in [2.05, 4.69) is 10.0 Å². The molecule has 0 unspecified atom stereocenters. The summed E-state index contributed by atoms with van der Waals surface area (Å²) in [4.78, 5) is 12.4. The summed E-state index contributed by atoms with van der Waals surface area (Å²) >= 11 is 0. The molecule has 0 aliphatic carbocycles. The van der Waals surface area contributed by atoms with Crippen molar-refractivity contribution in [2.75, 3.05) is 10.0 Å². The number of benzene rings is 3. The fourth-order valence-electron chi connectivity index (χ4n) is 2.92. The molecule has 150 valence electrons. The van der Waals surface area contributed by atoms with Gasteiger partial charge in [0.2, 0.25) is 5.91 Å². The van der Waals surface area contributed by atoms with Crippen LogP contribution in [0.25, 0.3) is 0 Å². The minimum atomic E-state index is -3.71. The van der Waals surface area contributed by atoms with Gasteiger partial charge in [0.05, 0.1) is 11.3 Å². The first-order chi connectivity index (χ1) is 13.7. The molecule has 0 heterocycles. The normalized spacial score (nSPS) is 11.1. The Hall–Kier alpha value is -3.12. The molecule has 2 N–H and O–H groups in total. The summed E-state index contributed by atoms with van der Waals surface area (Å²) < 4.78 is 27.8. The second-order valence-corrected chi connectivity index (χ2v) is 8.76. The van der Waals surface area contributed by atoms with E-state index in [1.165, 1.54) is 12.1 Å². The molecule has 3 aromatic carbocycles. The van der Waals surface area contributed by atoms with Crippen molar-refractivity contribution in [1.82, 2.24) is 0 Å². The first-order valence-corrected chi connectivity index (χ1v) is 10.8. The fraction of sp³-hybridized carbons (Fsp3) is 0.174. The summed E-state index contributed by atoms with van der Waals surface area (Å²) in [7, 11) is -3.71. The summed E-state index contributed by atoms with van der Waals surface area (Å²) in [5.41, 5.74) is 5.19. The van der Waals surface area contributed by atoms with Crippen LogP contribution in [0.15, 0.2) is 71.6 Å². The van der Waals surface area contributed by atoms with E-state index in [9.17, 15) is 13.2 Å². The molecule has 3 aromatic rings. The number of aryl methyl sites for hydroxylation is 3. The molecule has 0 radical (unpaired) electrons. The summed E-state index contributed by atoms with van der Waals surface area (Å²) in [6.07, 6.45) is 0.265. The van der Waals surface area contributed by atoms with Crippen LogP contribution >= 0.6 is 0 Å². The second-order valence-electron chi connectivity index (χ2n) is 7.08. The minimum Gasteiger partial charge on any atom is -0.326 e. The fourth-order valence-corrected chi connectivity index (χ4v) is 3.97. The molecule has 0 spiro atoms. The Balaban J connectivity index is 1.68. The Morgan fingerprint density at radius 3 is 2.10 bits per heavy atom. The lowest BCUT2D eigenvalue weighted by Crippen LogP contribution is -2.16. The zero-order valence-electron chi connectivity index (χ0n) is 16.7. The van der Waals surface area contributed by atoms with E-state index in [1.54, 1.807) is 24.3 Å². The van der Waals surface area contributed by atoms with Crippen LogP contribution in [-0.4, -0.2) is 14.3 Å². The Morgan fingerprint density at radius 1 is 0.793 bits per heavy atom. The zero-order valence-corrected chi connectivity index (χ0v) is 17.5. The maximum Gasteiger partial charge on any atom is 0.261 e. The van der Waals surface area contributed by atoms with Crippen molar-refractivity contribution >= 4 is 27.3 Å². The molecule has 0 aromatic heterocycles. The number of anilines is 2. The molecule has 0 aliphatic heterocycles. The molecule has 0 fully saturated rings. The molecule has 0 aliphatic rings. The molecule has 29 heavy (non-hydrogen) atoms. The highest BCUT2D eigenvalue weighted by Crippen LogP contribution is 2.20. The summed E-state index contributed by atoms with van der Waals surface area (Å²) in [5, 5.41) is 2.81. The van der Waals surface area contributed by atoms with Crippen LogP contribution in [0.2, 0.25) is 0 Å². The van der Waals surface area contributed by atoms with Crippen LogP contribution < -0.4 is 10.0 Å². The highest BCUT2D eigenvalue weighted by atomic mass is 32.2. The first kappa shape index (κ1) is 20.6. The Bertz CT molecular complexity index is 1140. The van der Waals surface area contributed by atoms with Crippen molar-refractivity contribution in [3.63, 3.8) is 0 Å². The van der Waals surface area contributed by atoms with Gasteiger partial charge in [-0.1, -0.05) is 30.3 Å². The highest BCUT2D eigenvalue weighted by molar-refractivity contribution is 7.92. The highest BCUT2D eigenvalue weighted by Gasteiger charge is 2.15. The standard InChI is InChI=1S/C23H24N2O3S/c1-16-8-9-21(14-18(16)3)25-29(27,28)22-12-10-20(11-13-22)24-23(26)15-19-7-5-4-6-17(19)2/h4-14,25H,15H2,1-3H3,(H,24,26). The van der Waals surface area contributed by atoms with Crippen molar-refractivity contribution in [3.05, 3.63) is 89.0 Å². The van der Waals surface area contributed by atoms with Gasteiger partial charge in [-0.3, -0.25) is 9.52 Å². The third-order valence-corrected chi connectivity index (χ3v) is 6.22. The predicted octanol–water partition coefficient (Wildman–Crippen LogP) is 4.59. The summed E-state index contributed by atoms with van der Waals surface area (Å²) in [6.45, 7) is 5.87. The number of rotatable bonds is 6. The van der Waals surface area contributed by atoms with Gasteiger partial charge in [-0.25, -0.2) is 8.42 Å². The van der Waals surface area contributed by atoms with Crippen molar-refractivity contribution < 1.29 is 13.2 Å². The van der Waals surface area contributed by atoms with Crippen molar-refractivity contribution in [2.45, 2.75) is 32.1 Å². The minimum absolute atomic E-state index is 0.132. The molecule has 0 bridgehead atoms. The average Bonchev–Trinajstić information content (AvgIpc) is 2.67. The van der Waals surface area contributed by atoms with E-state index in [4.69, 9.17) is 0 Å². The maximum atomic E-state index is 12.6. The number of carbonyl (C=O) groups excluding carboxylic acids is 1. The molecular weight excluding hydrogens is 384 g/mol. The molecule has 0 saturated heterocycles. The van der Waals surface area contributed by atoms with Gasteiger partial charge in [-0.05, 0) is 79.4 Å². The molecule has 0 saturated carbocycles. The topological polar surface area (TPSA) is 75.3 Å². The van der Waals surface area contributed by atoms with E-state index < -0.39 is 10.0 Å². The van der Waals surface area contributed by atoms with E-state index in [-0.39, 0.29) is 17.2 Å². The first-order valence-electron chi connectivity index (χ1n) is 9.29. The molecule has 3 rings (SSSR count). The number of hydrogen-bond donors (Lipinski definition) is 2. The lowest BCUT2D eigenvalue weighted by molar-refractivity contribution is -0.115. The average molecular weight is 409 g/mol. The second kappa shape index (κ2) is 8.49. The molecule has 6 heteroatoms. The summed E-state index contributed by atoms with van der Waals surface area (Å²) in [6, 6.07) is 19.3. The number of hydrogen-bond acceptors (Lipinski definition) is 3. The van der Waals surface area contributed by atoms with Crippen LogP contribution in [0.3, 0.4) is 0 Å². The van der Waals surface area contributed by atoms with E-state index in [1.807, 2.05) is 51.1 Å². The van der Waals surface area contributed by atoms with Gasteiger partial charge in [-0.15, -0.1) is 0 Å². The zero-order chi connectivity index (χ0) is 21.0. The maximum absolute atomic E-state index is 12.6. The van der Waals surface area contributed by atoms with Crippen LogP contribution in [-0.2, 0) is 21.2 Å². The third-order valence-electron chi connectivity index (χ3n) is 4.82. The Kier molecular flexibility index (Phi) is 6.03. The lowest BCUT2D eigenvalue weighted by Gasteiger charge is -2.11. The van der Waals surface area contributed by atoms with E-state index >= 15 is 0 Å². The van der Waals surface area contributed by atoms with Crippen LogP contribution in [0.4, 0.5) is 11.4 Å². The number of nitrogens with one attached hydrogen (secondary N) is 2. The van der Waals surface area contributed by atoms with Gasteiger partial charge in [0.25, 0.3) is 10.0 Å². The van der Waals surface area contributed by atoms with E-state index in [0.717, 1.165) is 22.3 Å². The van der Waals surface area contributed by atoms with Gasteiger partial charge in [-0.2, -0.15) is 0 Å². The number of carbonyl (C=O) groups is 1. The quantitative estimate of drug-likeness (QED) is 0.626. The van der Waals surface area contributed by atoms with E-state index in [0.29, 0.717) is 11.4 Å². The Morgan fingerprint density at radius 2 is 1.45 bits per heavy atom. The van der Waals surface area contributed by atoms with Gasteiger partial charge in [0.1, 0.15) is 0 Å². The molecule has 1 amide bonds. The molecule has 5 nitrogen and oxygen atoms in total. The smallest absolute Gasteiger partial charge is 0.261 e. The van der Waals surface area contributed by atoms with Crippen LogP contribution in [0.1, 0.15) is 22.3 Å². The third kappa shape index (κ3) is 5.23. The van der Waals surface area contributed by atoms with Gasteiger partial charge < -0.3 is 5.32 Å². The predicted molar refractivity (Wildman–Crippen MR) is 117 cm³/mol. The van der Waals surface area contributed by atoms with Gasteiger partial charge in [0, 0.05) is 11.4 Å². The largest absolute Gasteiger partial charge is 0.326 e. The summed E-state index contributed by atoms with van der Waals surface area (Å²) in [5.74, 6) is -0.150. The van der Waals surface area contributed by atoms with Crippen LogP contribution in [0.5, 0.6) is 0 Å². The number of sulfonamides is 1. The van der Waals surface area contributed by atoms with Crippen LogP contribution in [0, 0.1) is 20.8 Å². The SMILES string of the molecule is Cc1ccc(NS(=O)(=O)c2ccc(NC(=O)Cc3ccccc3C)cc2)cc1C. The van der Waals surface area contributed by atoms with Crippen molar-refractivity contribution in [2.24, 2.45) is 0 Å². The lowest BCUT2D eigenvalue weighted by atomic mass is 10.1.